The van der Waals surface area contributed by atoms with Crippen molar-refractivity contribution in [3.05, 3.63) is 48.0 Å². The predicted octanol–water partition coefficient (Wildman–Crippen LogP) is 2.58. The Morgan fingerprint density at radius 3 is 2.96 bits per heavy atom. The zero-order valence-corrected chi connectivity index (χ0v) is 14.9. The van der Waals surface area contributed by atoms with E-state index in [-0.39, 0.29) is 11.9 Å². The smallest absolute Gasteiger partial charge is 0.414 e. The number of anilines is 1. The van der Waals surface area contributed by atoms with E-state index in [9.17, 15) is 9.18 Å². The number of ether oxygens (including phenoxy) is 1. The van der Waals surface area contributed by atoms with Crippen molar-refractivity contribution in [1.82, 2.24) is 15.0 Å². The van der Waals surface area contributed by atoms with Crippen molar-refractivity contribution in [2.45, 2.75) is 19.1 Å². The molecule has 0 bridgehead atoms. The van der Waals surface area contributed by atoms with Crippen molar-refractivity contribution in [1.29, 1.82) is 0 Å². The van der Waals surface area contributed by atoms with Crippen LogP contribution in [0.4, 0.5) is 14.9 Å². The van der Waals surface area contributed by atoms with Crippen LogP contribution in [0.1, 0.15) is 12.0 Å². The molecule has 2 aliphatic carbocycles. The van der Waals surface area contributed by atoms with Gasteiger partial charge in [-0.15, -0.1) is 5.10 Å². The maximum atomic E-state index is 14.8. The number of fused-ring (bicyclic) bond motifs is 1. The molecule has 0 unspecified atom stereocenters. The monoisotopic (exact) mass is 386 g/mol. The van der Waals surface area contributed by atoms with Gasteiger partial charge in [0.05, 0.1) is 31.6 Å². The summed E-state index contributed by atoms with van der Waals surface area (Å²) in [6.07, 6.45) is 5.24. The molecular weight excluding hydrogens is 367 g/mol. The summed E-state index contributed by atoms with van der Waals surface area (Å²) >= 11 is 0. The minimum atomic E-state index is -0.495. The van der Waals surface area contributed by atoms with Crippen LogP contribution in [0.2, 0.25) is 0 Å². The van der Waals surface area contributed by atoms with Gasteiger partial charge in [0.25, 0.3) is 0 Å². The Labute approximate surface area is 160 Å². The summed E-state index contributed by atoms with van der Waals surface area (Å²) in [6.45, 7) is 1.05. The van der Waals surface area contributed by atoms with Crippen molar-refractivity contribution in [3.8, 4) is 0 Å². The Morgan fingerprint density at radius 1 is 1.39 bits per heavy atom. The van der Waals surface area contributed by atoms with Crippen LogP contribution in [-0.2, 0) is 16.2 Å². The largest absolute Gasteiger partial charge is 0.442 e. The van der Waals surface area contributed by atoms with Gasteiger partial charge in [-0.3, -0.25) is 10.2 Å². The van der Waals surface area contributed by atoms with Gasteiger partial charge in [0.15, 0.2) is 0 Å². The molecule has 3 aliphatic rings. The molecule has 2 fully saturated rings. The van der Waals surface area contributed by atoms with Gasteiger partial charge in [-0.25, -0.2) is 18.8 Å². The molecule has 1 saturated carbocycles. The van der Waals surface area contributed by atoms with E-state index in [2.05, 4.69) is 21.3 Å². The number of carbonyl (C=O) groups is 1. The van der Waals surface area contributed by atoms with E-state index in [0.717, 1.165) is 12.0 Å². The lowest BCUT2D eigenvalue weighted by molar-refractivity contribution is -0.246. The minimum Gasteiger partial charge on any atom is -0.442 e. The SMILES string of the molecule is O=C1O[C@@H](Cn2ccnn2)CN1c1ccc(C2=C[C@H]3[C@H](COO)[C@H]3C2)c(F)c1. The Kier molecular flexibility index (Phi) is 4.13. The summed E-state index contributed by atoms with van der Waals surface area (Å²) in [5, 5.41) is 16.2. The van der Waals surface area contributed by atoms with Crippen molar-refractivity contribution >= 4 is 17.4 Å². The zero-order valence-electron chi connectivity index (χ0n) is 14.9. The molecule has 2 aromatic rings. The fourth-order valence-corrected chi connectivity index (χ4v) is 4.38. The highest BCUT2D eigenvalue weighted by molar-refractivity contribution is 5.90. The second kappa shape index (κ2) is 6.68. The number of nitrogens with zero attached hydrogens (tertiary/aromatic N) is 4. The Bertz CT molecular complexity index is 932. The number of amides is 1. The topological polar surface area (TPSA) is 89.7 Å². The first-order valence-corrected chi connectivity index (χ1v) is 9.23. The van der Waals surface area contributed by atoms with Gasteiger partial charge >= 0.3 is 6.09 Å². The van der Waals surface area contributed by atoms with Crippen LogP contribution in [0.15, 0.2) is 36.7 Å². The lowest BCUT2D eigenvalue weighted by Crippen LogP contribution is -2.26. The highest BCUT2D eigenvalue weighted by Crippen LogP contribution is 2.58. The molecule has 1 aromatic carbocycles. The van der Waals surface area contributed by atoms with Crippen LogP contribution < -0.4 is 4.90 Å². The quantitative estimate of drug-likeness (QED) is 0.606. The van der Waals surface area contributed by atoms with Crippen molar-refractivity contribution in [2.75, 3.05) is 18.1 Å². The van der Waals surface area contributed by atoms with Crippen molar-refractivity contribution in [2.24, 2.45) is 17.8 Å². The van der Waals surface area contributed by atoms with E-state index in [4.69, 9.17) is 9.99 Å². The Morgan fingerprint density at radius 2 is 2.29 bits per heavy atom. The second-order valence-electron chi connectivity index (χ2n) is 7.50. The van der Waals surface area contributed by atoms with Crippen LogP contribution in [0, 0.1) is 23.6 Å². The standard InChI is InChI=1S/C19H19FN4O4/c20-18-7-12(24-9-13(28-19(24)25)8-23-4-3-21-22-23)1-2-14(18)11-5-15-16(6-11)17(15)10-27-26/h1-5,7,13,15-17,26H,6,8-10H2/t13-,15+,16-,17-/m0/s1. The fourth-order valence-electron chi connectivity index (χ4n) is 4.38. The lowest BCUT2D eigenvalue weighted by Gasteiger charge is -2.15. The van der Waals surface area contributed by atoms with Gasteiger partial charge in [0.1, 0.15) is 11.9 Å². The third kappa shape index (κ3) is 2.96. The molecule has 4 atom stereocenters. The molecular formula is C19H19FN4O4. The van der Waals surface area contributed by atoms with E-state index in [0.29, 0.717) is 48.7 Å². The summed E-state index contributed by atoms with van der Waals surface area (Å²) < 4.78 is 21.7. The first-order valence-electron chi connectivity index (χ1n) is 9.23. The molecule has 28 heavy (non-hydrogen) atoms. The average Bonchev–Trinajstić information content (AvgIpc) is 3.16. The summed E-state index contributed by atoms with van der Waals surface area (Å²) in [4.78, 5) is 17.9. The van der Waals surface area contributed by atoms with Crippen LogP contribution in [0.25, 0.3) is 5.57 Å². The molecule has 1 N–H and O–H groups in total. The van der Waals surface area contributed by atoms with Crippen LogP contribution in [-0.4, -0.2) is 45.6 Å². The van der Waals surface area contributed by atoms with E-state index in [1.807, 2.05) is 0 Å². The molecule has 8 nitrogen and oxygen atoms in total. The molecule has 1 aromatic heterocycles. The first kappa shape index (κ1) is 17.3. The number of hydrogen-bond acceptors (Lipinski definition) is 6. The Hall–Kier alpha value is -2.78. The number of carbonyl (C=O) groups excluding carboxylic acids is 1. The van der Waals surface area contributed by atoms with Gasteiger partial charge < -0.3 is 4.74 Å². The number of rotatable bonds is 6. The van der Waals surface area contributed by atoms with Gasteiger partial charge in [0.2, 0.25) is 0 Å². The van der Waals surface area contributed by atoms with Crippen molar-refractivity contribution in [3.63, 3.8) is 0 Å². The molecule has 1 amide bonds. The molecule has 0 spiro atoms. The third-order valence-electron chi connectivity index (χ3n) is 5.86. The van der Waals surface area contributed by atoms with Gasteiger partial charge in [-0.1, -0.05) is 11.3 Å². The number of allylic oxidation sites excluding steroid dienone is 2. The third-order valence-corrected chi connectivity index (χ3v) is 5.86. The Balaban J connectivity index is 1.28. The fraction of sp³-hybridized carbons (Fsp3) is 0.421. The normalized spacial score (nSPS) is 28.3. The van der Waals surface area contributed by atoms with Crippen LogP contribution >= 0.6 is 0 Å². The molecule has 0 radical (unpaired) electrons. The van der Waals surface area contributed by atoms with E-state index in [1.165, 1.54) is 11.0 Å². The van der Waals surface area contributed by atoms with Gasteiger partial charge in [-0.05, 0) is 47.9 Å². The molecule has 2 heterocycles. The number of aromatic nitrogens is 3. The van der Waals surface area contributed by atoms with E-state index >= 15 is 0 Å². The highest BCUT2D eigenvalue weighted by atomic mass is 19.1. The van der Waals surface area contributed by atoms with Gasteiger partial charge in [0, 0.05) is 11.8 Å². The number of cyclic esters (lactones) is 1. The predicted molar refractivity (Wildman–Crippen MR) is 95.7 cm³/mol. The number of hydrogen-bond donors (Lipinski definition) is 1. The van der Waals surface area contributed by atoms with Crippen LogP contribution in [0.5, 0.6) is 0 Å². The average molecular weight is 386 g/mol. The van der Waals surface area contributed by atoms with Gasteiger partial charge in [-0.2, -0.15) is 0 Å². The summed E-state index contributed by atoms with van der Waals surface area (Å²) in [5.41, 5.74) is 2.01. The van der Waals surface area contributed by atoms with Crippen LogP contribution in [0.3, 0.4) is 0 Å². The van der Waals surface area contributed by atoms with E-state index in [1.54, 1.807) is 29.2 Å². The number of benzene rings is 1. The first-order chi connectivity index (χ1) is 13.6. The molecule has 5 rings (SSSR count). The summed E-state index contributed by atoms with van der Waals surface area (Å²) in [5.74, 6) is 0.754. The zero-order chi connectivity index (χ0) is 19.3. The molecule has 9 heteroatoms. The molecule has 1 aliphatic heterocycles. The van der Waals surface area contributed by atoms with E-state index < -0.39 is 6.09 Å². The van der Waals surface area contributed by atoms with Crippen molar-refractivity contribution < 1.29 is 24.1 Å². The minimum absolute atomic E-state index is 0.327. The maximum absolute atomic E-state index is 14.8. The second-order valence-corrected chi connectivity index (χ2v) is 7.50. The summed E-state index contributed by atoms with van der Waals surface area (Å²) in [6, 6.07) is 4.85. The molecule has 1 saturated heterocycles. The highest BCUT2D eigenvalue weighted by Gasteiger charge is 2.52. The number of halogens is 1. The summed E-state index contributed by atoms with van der Waals surface area (Å²) in [7, 11) is 0. The lowest BCUT2D eigenvalue weighted by atomic mass is 10.00. The molecule has 146 valence electrons. The maximum Gasteiger partial charge on any atom is 0.414 e.